The molecule has 0 unspecified atom stereocenters. The van der Waals surface area contributed by atoms with E-state index in [0.717, 1.165) is 39.3 Å². The average Bonchev–Trinajstić information content (AvgIpc) is 2.21. The van der Waals surface area contributed by atoms with Crippen LogP contribution in [0.4, 0.5) is 0 Å². The van der Waals surface area contributed by atoms with Gasteiger partial charge in [0.25, 0.3) is 0 Å². The average molecular weight is 170 g/mol. The highest BCUT2D eigenvalue weighted by molar-refractivity contribution is 4.90. The van der Waals surface area contributed by atoms with Crippen LogP contribution in [0.15, 0.2) is 0 Å². The summed E-state index contributed by atoms with van der Waals surface area (Å²) < 4.78 is 0. The van der Waals surface area contributed by atoms with Crippen LogP contribution in [0.5, 0.6) is 0 Å². The van der Waals surface area contributed by atoms with E-state index in [1.54, 1.807) is 0 Å². The number of nitrogens with one attached hydrogen (secondary N) is 4. The molecule has 2 fully saturated rings. The van der Waals surface area contributed by atoms with Crippen molar-refractivity contribution in [2.45, 2.75) is 12.1 Å². The summed E-state index contributed by atoms with van der Waals surface area (Å²) in [7, 11) is 0. The standard InChI is InChI=1S/C8H18N4/c1-3-11-7(5-9-1)8-6-10-2-4-12-8/h7-12H,1-6H2/t7-,8+. The number of rotatable bonds is 1. The molecular weight excluding hydrogens is 152 g/mol. The molecule has 2 aliphatic heterocycles. The Labute approximate surface area is 73.5 Å². The van der Waals surface area contributed by atoms with Crippen LogP contribution in [0.3, 0.4) is 0 Å². The summed E-state index contributed by atoms with van der Waals surface area (Å²) in [6.07, 6.45) is 0. The van der Waals surface area contributed by atoms with Gasteiger partial charge in [0, 0.05) is 51.4 Å². The summed E-state index contributed by atoms with van der Waals surface area (Å²) in [6.45, 7) is 6.61. The van der Waals surface area contributed by atoms with Crippen molar-refractivity contribution in [2.24, 2.45) is 0 Å². The molecule has 2 rings (SSSR count). The molecular formula is C8H18N4. The molecule has 0 aromatic carbocycles. The highest BCUT2D eigenvalue weighted by Crippen LogP contribution is 1.97. The van der Waals surface area contributed by atoms with Crippen LogP contribution >= 0.6 is 0 Å². The third-order valence-corrected chi connectivity index (χ3v) is 2.63. The van der Waals surface area contributed by atoms with Crippen molar-refractivity contribution in [3.8, 4) is 0 Å². The fourth-order valence-corrected chi connectivity index (χ4v) is 1.92. The summed E-state index contributed by atoms with van der Waals surface area (Å²) in [5.74, 6) is 0. The van der Waals surface area contributed by atoms with Gasteiger partial charge in [0.05, 0.1) is 0 Å². The van der Waals surface area contributed by atoms with Gasteiger partial charge in [-0.1, -0.05) is 0 Å². The molecule has 4 nitrogen and oxygen atoms in total. The second-order valence-corrected chi connectivity index (χ2v) is 3.53. The van der Waals surface area contributed by atoms with E-state index >= 15 is 0 Å². The molecule has 0 spiro atoms. The SMILES string of the molecule is C1CN[C@H]([C@H]2CNCCN2)CN1. The number of piperazine rings is 2. The summed E-state index contributed by atoms with van der Waals surface area (Å²) in [4.78, 5) is 0. The zero-order chi connectivity index (χ0) is 8.23. The minimum absolute atomic E-state index is 0.603. The first-order valence-corrected chi connectivity index (χ1v) is 4.85. The molecule has 4 heteroatoms. The van der Waals surface area contributed by atoms with Crippen LogP contribution in [0.1, 0.15) is 0 Å². The first-order chi connectivity index (χ1) is 5.97. The van der Waals surface area contributed by atoms with Crippen LogP contribution < -0.4 is 21.3 Å². The van der Waals surface area contributed by atoms with Crippen molar-refractivity contribution in [1.82, 2.24) is 21.3 Å². The van der Waals surface area contributed by atoms with Crippen LogP contribution in [-0.2, 0) is 0 Å². The molecule has 0 radical (unpaired) electrons. The van der Waals surface area contributed by atoms with Gasteiger partial charge < -0.3 is 21.3 Å². The molecule has 0 bridgehead atoms. The second kappa shape index (κ2) is 4.18. The van der Waals surface area contributed by atoms with Crippen LogP contribution in [0, 0.1) is 0 Å². The van der Waals surface area contributed by atoms with Gasteiger partial charge in [-0.2, -0.15) is 0 Å². The van der Waals surface area contributed by atoms with E-state index < -0.39 is 0 Å². The van der Waals surface area contributed by atoms with E-state index in [9.17, 15) is 0 Å². The summed E-state index contributed by atoms with van der Waals surface area (Å²) >= 11 is 0. The van der Waals surface area contributed by atoms with E-state index in [1.165, 1.54) is 0 Å². The fraction of sp³-hybridized carbons (Fsp3) is 1.00. The lowest BCUT2D eigenvalue weighted by Gasteiger charge is -2.35. The van der Waals surface area contributed by atoms with Crippen LogP contribution in [0.2, 0.25) is 0 Å². The molecule has 0 aromatic heterocycles. The molecule has 12 heavy (non-hydrogen) atoms. The van der Waals surface area contributed by atoms with Crippen LogP contribution in [-0.4, -0.2) is 51.4 Å². The van der Waals surface area contributed by atoms with Gasteiger partial charge in [-0.25, -0.2) is 0 Å². The van der Waals surface area contributed by atoms with Gasteiger partial charge >= 0.3 is 0 Å². The van der Waals surface area contributed by atoms with E-state index in [2.05, 4.69) is 21.3 Å². The van der Waals surface area contributed by atoms with Gasteiger partial charge in [0.1, 0.15) is 0 Å². The Bertz CT molecular complexity index is 111. The highest BCUT2D eigenvalue weighted by atomic mass is 15.1. The van der Waals surface area contributed by atoms with E-state index in [1.807, 2.05) is 0 Å². The largest absolute Gasteiger partial charge is 0.314 e. The third-order valence-electron chi connectivity index (χ3n) is 2.63. The zero-order valence-corrected chi connectivity index (χ0v) is 7.40. The molecule has 0 saturated carbocycles. The van der Waals surface area contributed by atoms with Crippen molar-refractivity contribution in [1.29, 1.82) is 0 Å². The Morgan fingerprint density at radius 3 is 1.50 bits per heavy atom. The van der Waals surface area contributed by atoms with Gasteiger partial charge in [-0.3, -0.25) is 0 Å². The highest BCUT2D eigenvalue weighted by Gasteiger charge is 2.23. The fourth-order valence-electron chi connectivity index (χ4n) is 1.92. The maximum Gasteiger partial charge on any atom is 0.0359 e. The predicted octanol–water partition coefficient (Wildman–Crippen LogP) is -1.89. The van der Waals surface area contributed by atoms with Crippen molar-refractivity contribution < 1.29 is 0 Å². The number of hydrogen-bond acceptors (Lipinski definition) is 4. The monoisotopic (exact) mass is 170 g/mol. The lowest BCUT2D eigenvalue weighted by Crippen LogP contribution is -2.63. The van der Waals surface area contributed by atoms with Crippen molar-refractivity contribution in [2.75, 3.05) is 39.3 Å². The Kier molecular flexibility index (Phi) is 2.94. The Hall–Kier alpha value is -0.160. The molecule has 4 N–H and O–H groups in total. The minimum Gasteiger partial charge on any atom is -0.314 e. The van der Waals surface area contributed by atoms with Crippen molar-refractivity contribution in [3.63, 3.8) is 0 Å². The van der Waals surface area contributed by atoms with Crippen LogP contribution in [0.25, 0.3) is 0 Å². The van der Waals surface area contributed by atoms with E-state index in [0.29, 0.717) is 12.1 Å². The molecule has 2 heterocycles. The second-order valence-electron chi connectivity index (χ2n) is 3.53. The molecule has 0 amide bonds. The molecule has 2 aliphatic rings. The Morgan fingerprint density at radius 2 is 1.17 bits per heavy atom. The Morgan fingerprint density at radius 1 is 0.667 bits per heavy atom. The van der Waals surface area contributed by atoms with Crippen molar-refractivity contribution in [3.05, 3.63) is 0 Å². The van der Waals surface area contributed by atoms with Gasteiger partial charge in [-0.05, 0) is 0 Å². The lowest BCUT2D eigenvalue weighted by molar-refractivity contribution is 0.294. The van der Waals surface area contributed by atoms with Crippen molar-refractivity contribution >= 4 is 0 Å². The lowest BCUT2D eigenvalue weighted by atomic mass is 10.1. The molecule has 2 saturated heterocycles. The minimum atomic E-state index is 0.603. The summed E-state index contributed by atoms with van der Waals surface area (Å²) in [5, 5.41) is 13.9. The molecule has 0 aliphatic carbocycles. The normalized spacial score (nSPS) is 38.0. The Balaban J connectivity index is 1.80. The summed E-state index contributed by atoms with van der Waals surface area (Å²) in [6, 6.07) is 1.21. The topological polar surface area (TPSA) is 48.1 Å². The number of hydrogen-bond donors (Lipinski definition) is 4. The van der Waals surface area contributed by atoms with E-state index in [-0.39, 0.29) is 0 Å². The van der Waals surface area contributed by atoms with E-state index in [4.69, 9.17) is 0 Å². The quantitative estimate of drug-likeness (QED) is 0.372. The predicted molar refractivity (Wildman–Crippen MR) is 49.3 cm³/mol. The smallest absolute Gasteiger partial charge is 0.0359 e. The first-order valence-electron chi connectivity index (χ1n) is 4.85. The van der Waals surface area contributed by atoms with Gasteiger partial charge in [0.2, 0.25) is 0 Å². The maximum absolute atomic E-state index is 3.52. The maximum atomic E-state index is 3.52. The molecule has 70 valence electrons. The summed E-state index contributed by atoms with van der Waals surface area (Å²) in [5.41, 5.74) is 0. The molecule has 2 atom stereocenters. The van der Waals surface area contributed by atoms with Gasteiger partial charge in [-0.15, -0.1) is 0 Å². The zero-order valence-electron chi connectivity index (χ0n) is 7.40. The molecule has 0 aromatic rings. The first kappa shape index (κ1) is 8.44. The third kappa shape index (κ3) is 1.95. The van der Waals surface area contributed by atoms with Gasteiger partial charge in [0.15, 0.2) is 0 Å².